The highest BCUT2D eigenvalue weighted by Crippen LogP contribution is 2.26. The number of ether oxygens (including phenoxy) is 1. The van der Waals surface area contributed by atoms with Crippen LogP contribution in [0.5, 0.6) is 0 Å². The molecule has 3 nitrogen and oxygen atoms in total. The highest BCUT2D eigenvalue weighted by Gasteiger charge is 2.29. The Balaban J connectivity index is 1.94. The summed E-state index contributed by atoms with van der Waals surface area (Å²) in [6.07, 6.45) is 2.90. The molecular formula is C10H12F2N2O. The van der Waals surface area contributed by atoms with Gasteiger partial charge >= 0.3 is 0 Å². The summed E-state index contributed by atoms with van der Waals surface area (Å²) in [5, 5.41) is 2.91. The van der Waals surface area contributed by atoms with E-state index in [0.717, 1.165) is 25.1 Å². The van der Waals surface area contributed by atoms with Gasteiger partial charge in [-0.25, -0.2) is 13.8 Å². The lowest BCUT2D eigenvalue weighted by molar-refractivity contribution is 0.0327. The van der Waals surface area contributed by atoms with Gasteiger partial charge < -0.3 is 10.1 Å². The second-order valence-corrected chi connectivity index (χ2v) is 3.65. The quantitative estimate of drug-likeness (QED) is 0.835. The largest absolute Gasteiger partial charge is 0.381 e. The third-order valence-corrected chi connectivity index (χ3v) is 2.58. The lowest BCUT2D eigenvalue weighted by Gasteiger charge is -2.34. The van der Waals surface area contributed by atoms with Crippen LogP contribution in [0.25, 0.3) is 0 Å². The molecule has 1 saturated carbocycles. The van der Waals surface area contributed by atoms with E-state index in [1.807, 2.05) is 0 Å². The van der Waals surface area contributed by atoms with Crippen LogP contribution in [-0.2, 0) is 4.74 Å². The van der Waals surface area contributed by atoms with Gasteiger partial charge in [0, 0.05) is 19.2 Å². The van der Waals surface area contributed by atoms with Crippen molar-refractivity contribution in [1.82, 2.24) is 4.98 Å². The maximum atomic E-state index is 13.2. The van der Waals surface area contributed by atoms with Gasteiger partial charge in [0.05, 0.1) is 12.3 Å². The minimum Gasteiger partial charge on any atom is -0.381 e. The number of pyridine rings is 1. The minimum atomic E-state index is -0.665. The zero-order chi connectivity index (χ0) is 10.8. The maximum absolute atomic E-state index is 13.2. The fourth-order valence-electron chi connectivity index (χ4n) is 1.59. The molecule has 1 N–H and O–H groups in total. The summed E-state index contributed by atoms with van der Waals surface area (Å²) in [6, 6.07) is 0.990. The van der Waals surface area contributed by atoms with Crippen LogP contribution in [0.3, 0.4) is 0 Å². The van der Waals surface area contributed by atoms with Crippen molar-refractivity contribution in [3.8, 4) is 0 Å². The average Bonchev–Trinajstić information content (AvgIpc) is 2.13. The van der Waals surface area contributed by atoms with Crippen LogP contribution in [0, 0.1) is 11.6 Å². The van der Waals surface area contributed by atoms with Crippen LogP contribution in [-0.4, -0.2) is 24.2 Å². The van der Waals surface area contributed by atoms with Crippen molar-refractivity contribution in [1.29, 1.82) is 0 Å². The molecule has 0 spiro atoms. The van der Waals surface area contributed by atoms with Crippen LogP contribution in [0.15, 0.2) is 12.3 Å². The molecule has 82 valence electrons. The molecule has 0 aliphatic heterocycles. The third-order valence-electron chi connectivity index (χ3n) is 2.58. The van der Waals surface area contributed by atoms with E-state index >= 15 is 0 Å². The number of nitrogens with zero attached hydrogens (tertiary/aromatic N) is 1. The number of nitrogens with one attached hydrogen (secondary N) is 1. The van der Waals surface area contributed by atoms with Gasteiger partial charge in [0.15, 0.2) is 11.6 Å². The van der Waals surface area contributed by atoms with E-state index in [9.17, 15) is 8.78 Å². The fraction of sp³-hybridized carbons (Fsp3) is 0.500. The molecule has 0 aromatic carbocycles. The number of hydrogen-bond acceptors (Lipinski definition) is 3. The molecule has 1 heterocycles. The average molecular weight is 214 g/mol. The van der Waals surface area contributed by atoms with E-state index in [-0.39, 0.29) is 18.0 Å². The van der Waals surface area contributed by atoms with Crippen molar-refractivity contribution in [2.45, 2.75) is 25.0 Å². The summed E-state index contributed by atoms with van der Waals surface area (Å²) < 4.78 is 30.8. The molecule has 0 bridgehead atoms. The SMILES string of the molecule is COC1CC(Nc2ncc(F)cc2F)C1. The van der Waals surface area contributed by atoms with Crippen LogP contribution >= 0.6 is 0 Å². The van der Waals surface area contributed by atoms with Crippen LogP contribution in [0.4, 0.5) is 14.6 Å². The second kappa shape index (κ2) is 4.10. The Morgan fingerprint density at radius 2 is 2.20 bits per heavy atom. The van der Waals surface area contributed by atoms with Gasteiger partial charge in [0.2, 0.25) is 0 Å². The first-order chi connectivity index (χ1) is 7.19. The van der Waals surface area contributed by atoms with Crippen LogP contribution in [0.1, 0.15) is 12.8 Å². The Bertz CT molecular complexity index is 353. The Kier molecular flexibility index (Phi) is 2.81. The van der Waals surface area contributed by atoms with E-state index in [4.69, 9.17) is 4.74 Å². The Hall–Kier alpha value is -1.23. The highest BCUT2D eigenvalue weighted by atomic mass is 19.1. The van der Waals surface area contributed by atoms with Crippen LogP contribution in [0.2, 0.25) is 0 Å². The van der Waals surface area contributed by atoms with Gasteiger partial charge in [0.1, 0.15) is 5.82 Å². The lowest BCUT2D eigenvalue weighted by Crippen LogP contribution is -2.40. The van der Waals surface area contributed by atoms with Gasteiger partial charge in [-0.3, -0.25) is 0 Å². The number of anilines is 1. The van der Waals surface area contributed by atoms with Crippen molar-refractivity contribution < 1.29 is 13.5 Å². The molecule has 5 heteroatoms. The minimum absolute atomic E-state index is 0.107. The number of halogens is 2. The molecule has 2 rings (SSSR count). The van der Waals surface area contributed by atoms with E-state index in [1.165, 1.54) is 0 Å². The maximum Gasteiger partial charge on any atom is 0.168 e. The molecule has 0 radical (unpaired) electrons. The first-order valence-corrected chi connectivity index (χ1v) is 4.79. The molecule has 0 saturated heterocycles. The van der Waals surface area contributed by atoms with Gasteiger partial charge in [-0.2, -0.15) is 0 Å². The molecule has 15 heavy (non-hydrogen) atoms. The molecule has 1 fully saturated rings. The fourth-order valence-corrected chi connectivity index (χ4v) is 1.59. The zero-order valence-electron chi connectivity index (χ0n) is 8.34. The van der Waals surface area contributed by atoms with Crippen molar-refractivity contribution in [3.63, 3.8) is 0 Å². The third kappa shape index (κ3) is 2.23. The zero-order valence-corrected chi connectivity index (χ0v) is 8.34. The summed E-state index contributed by atoms with van der Waals surface area (Å²) >= 11 is 0. The summed E-state index contributed by atoms with van der Waals surface area (Å²) in [5.41, 5.74) is 0. The van der Waals surface area contributed by atoms with E-state index < -0.39 is 11.6 Å². The van der Waals surface area contributed by atoms with Gasteiger partial charge in [-0.15, -0.1) is 0 Å². The van der Waals surface area contributed by atoms with E-state index in [2.05, 4.69) is 10.3 Å². The predicted octanol–water partition coefficient (Wildman–Crippen LogP) is 1.95. The topological polar surface area (TPSA) is 34.1 Å². The molecule has 1 aromatic heterocycles. The second-order valence-electron chi connectivity index (χ2n) is 3.65. The van der Waals surface area contributed by atoms with E-state index in [0.29, 0.717) is 0 Å². The van der Waals surface area contributed by atoms with Gasteiger partial charge in [-0.05, 0) is 12.8 Å². The standard InChI is InChI=1S/C10H12F2N2O/c1-15-8-3-7(4-8)14-10-9(12)2-6(11)5-13-10/h2,5,7-8H,3-4H2,1H3,(H,13,14). The van der Waals surface area contributed by atoms with Crippen molar-refractivity contribution in [3.05, 3.63) is 23.9 Å². The summed E-state index contributed by atoms with van der Waals surface area (Å²) in [7, 11) is 1.65. The molecule has 1 aromatic rings. The van der Waals surface area contributed by atoms with Crippen molar-refractivity contribution >= 4 is 5.82 Å². The molecule has 0 amide bonds. The lowest BCUT2D eigenvalue weighted by atomic mass is 9.89. The summed E-state index contributed by atoms with van der Waals surface area (Å²) in [4.78, 5) is 3.65. The predicted molar refractivity (Wildman–Crippen MR) is 51.6 cm³/mol. The van der Waals surface area contributed by atoms with Crippen molar-refractivity contribution in [2.75, 3.05) is 12.4 Å². The Morgan fingerprint density at radius 3 is 2.80 bits per heavy atom. The molecule has 0 atom stereocenters. The van der Waals surface area contributed by atoms with Crippen molar-refractivity contribution in [2.24, 2.45) is 0 Å². The van der Waals surface area contributed by atoms with E-state index in [1.54, 1.807) is 7.11 Å². The molecule has 1 aliphatic rings. The number of aromatic nitrogens is 1. The van der Waals surface area contributed by atoms with Gasteiger partial charge in [0.25, 0.3) is 0 Å². The molecule has 1 aliphatic carbocycles. The smallest absolute Gasteiger partial charge is 0.168 e. The Labute approximate surface area is 86.5 Å². The molecular weight excluding hydrogens is 202 g/mol. The first kappa shape index (κ1) is 10.3. The highest BCUT2D eigenvalue weighted by molar-refractivity contribution is 5.37. The normalized spacial score (nSPS) is 24.7. The monoisotopic (exact) mass is 214 g/mol. The number of hydrogen-bond donors (Lipinski definition) is 1. The Morgan fingerprint density at radius 1 is 1.47 bits per heavy atom. The first-order valence-electron chi connectivity index (χ1n) is 4.79. The summed E-state index contributed by atoms with van der Waals surface area (Å²) in [5.74, 6) is -1.21. The number of methoxy groups -OCH3 is 1. The van der Waals surface area contributed by atoms with Gasteiger partial charge in [-0.1, -0.05) is 0 Å². The molecule has 0 unspecified atom stereocenters. The number of rotatable bonds is 3. The summed E-state index contributed by atoms with van der Waals surface area (Å²) in [6.45, 7) is 0. The van der Waals surface area contributed by atoms with Crippen LogP contribution < -0.4 is 5.32 Å².